The van der Waals surface area contributed by atoms with Crippen LogP contribution in [0.1, 0.15) is 132 Å². The van der Waals surface area contributed by atoms with Gasteiger partial charge in [0, 0.05) is 18.3 Å². The minimum Gasteiger partial charge on any atom is -0.299 e. The van der Waals surface area contributed by atoms with E-state index < -0.39 is 0 Å². The first-order chi connectivity index (χ1) is 26.5. The average Bonchev–Trinajstić information content (AvgIpc) is 3.55. The highest BCUT2D eigenvalue weighted by Crippen LogP contribution is 2.47. The number of benzene rings is 4. The smallest absolute Gasteiger partial charge is 0.136 e. The SMILES string of the molecule is C=C(CC(C)(C)C)C1c2ccccc2C[C@H]1C(=C)C.C=C(CC[C@@H](Cc1ccccc1)C(=O)CCc1ccc(/C=C/c2ccc(CC)cc2)cc1)CC(C)(C)C. The number of hydrogen-bond acceptors (Lipinski definition) is 1. The van der Waals surface area contributed by atoms with Gasteiger partial charge in [-0.15, -0.1) is 0 Å². The van der Waals surface area contributed by atoms with Crippen LogP contribution >= 0.6 is 0 Å². The standard InChI is InChI=1S/C36H44O.C19H26/c1-6-29-13-15-30(16-14-29)17-18-31-19-21-32(22-20-31)23-25-35(37)34(26-33-10-8-7-9-11-33)24-12-28(2)27-36(3,4)5;1-13(2)17-11-15-9-7-8-10-16(15)18(17)14(3)12-19(4,5)6/h7-11,13-22,34H,2,6,12,23-27H2,1,3-5H3;7-10,17-18H,1,3,11-12H2,2,4-6H3/b18-17+;/t34-;17-,18?/m00/s1. The second kappa shape index (κ2) is 20.6. The average molecular weight is 747 g/mol. The topological polar surface area (TPSA) is 17.1 Å². The monoisotopic (exact) mass is 747 g/mol. The Morgan fingerprint density at radius 3 is 1.80 bits per heavy atom. The van der Waals surface area contributed by atoms with Gasteiger partial charge in [-0.3, -0.25) is 4.79 Å². The van der Waals surface area contributed by atoms with Gasteiger partial charge in [-0.2, -0.15) is 0 Å². The fraction of sp³-hybridized carbons (Fsp3) is 0.400. The largest absolute Gasteiger partial charge is 0.299 e. The second-order valence-electron chi connectivity index (χ2n) is 18.8. The van der Waals surface area contributed by atoms with E-state index >= 15 is 0 Å². The summed E-state index contributed by atoms with van der Waals surface area (Å²) in [6, 6.07) is 36.6. The van der Waals surface area contributed by atoms with Gasteiger partial charge in [0.05, 0.1) is 0 Å². The minimum atomic E-state index is 0.0421. The van der Waals surface area contributed by atoms with Gasteiger partial charge in [-0.1, -0.05) is 200 Å². The molecule has 1 aliphatic carbocycles. The van der Waals surface area contributed by atoms with E-state index in [1.54, 1.807) is 0 Å². The summed E-state index contributed by atoms with van der Waals surface area (Å²) in [7, 11) is 0. The van der Waals surface area contributed by atoms with Crippen molar-refractivity contribution in [1.82, 2.24) is 0 Å². The van der Waals surface area contributed by atoms with E-state index in [-0.39, 0.29) is 11.3 Å². The van der Waals surface area contributed by atoms with E-state index in [1.807, 2.05) is 6.07 Å². The number of carbonyl (C=O) groups is 1. The van der Waals surface area contributed by atoms with Gasteiger partial charge in [0.15, 0.2) is 0 Å². The first-order valence-electron chi connectivity index (χ1n) is 21.0. The van der Waals surface area contributed by atoms with E-state index in [0.29, 0.717) is 29.5 Å². The van der Waals surface area contributed by atoms with Crippen LogP contribution in [0.2, 0.25) is 0 Å². The van der Waals surface area contributed by atoms with Crippen LogP contribution in [0.5, 0.6) is 0 Å². The number of allylic oxidation sites excluding steroid dienone is 3. The normalized spacial score (nSPS) is 15.8. The summed E-state index contributed by atoms with van der Waals surface area (Å²) in [5.41, 5.74) is 13.6. The van der Waals surface area contributed by atoms with Crippen LogP contribution < -0.4 is 0 Å². The maximum atomic E-state index is 13.3. The van der Waals surface area contributed by atoms with Gasteiger partial charge in [-0.25, -0.2) is 0 Å². The number of fused-ring (bicyclic) bond motifs is 1. The molecule has 1 unspecified atom stereocenters. The first-order valence-corrected chi connectivity index (χ1v) is 21.0. The van der Waals surface area contributed by atoms with Crippen LogP contribution in [0.4, 0.5) is 0 Å². The molecular formula is C55H70O. The van der Waals surface area contributed by atoms with Crippen molar-refractivity contribution in [3.63, 3.8) is 0 Å². The van der Waals surface area contributed by atoms with Gasteiger partial charge in [0.1, 0.15) is 5.78 Å². The van der Waals surface area contributed by atoms with Crippen molar-refractivity contribution in [2.45, 2.75) is 119 Å². The molecule has 0 N–H and O–H groups in total. The fourth-order valence-electron chi connectivity index (χ4n) is 8.17. The predicted octanol–water partition coefficient (Wildman–Crippen LogP) is 15.1. The van der Waals surface area contributed by atoms with E-state index in [4.69, 9.17) is 0 Å². The predicted molar refractivity (Wildman–Crippen MR) is 245 cm³/mol. The highest BCUT2D eigenvalue weighted by molar-refractivity contribution is 5.81. The summed E-state index contributed by atoms with van der Waals surface area (Å²) in [4.78, 5) is 13.3. The molecule has 4 aromatic rings. The highest BCUT2D eigenvalue weighted by atomic mass is 16.1. The lowest BCUT2D eigenvalue weighted by Crippen LogP contribution is -2.18. The van der Waals surface area contributed by atoms with Gasteiger partial charge in [0.25, 0.3) is 0 Å². The molecule has 0 spiro atoms. The van der Waals surface area contributed by atoms with E-state index in [9.17, 15) is 4.79 Å². The third-order valence-electron chi connectivity index (χ3n) is 11.0. The van der Waals surface area contributed by atoms with Crippen LogP contribution in [0.3, 0.4) is 0 Å². The van der Waals surface area contributed by atoms with Crippen molar-refractivity contribution in [2.24, 2.45) is 22.7 Å². The van der Waals surface area contributed by atoms with Crippen molar-refractivity contribution >= 4 is 17.9 Å². The molecule has 5 rings (SSSR count). The number of carbonyl (C=O) groups excluding carboxylic acids is 1. The molecule has 1 nitrogen and oxygen atoms in total. The van der Waals surface area contributed by atoms with Crippen molar-refractivity contribution < 1.29 is 4.79 Å². The molecule has 4 aromatic carbocycles. The third kappa shape index (κ3) is 14.5. The van der Waals surface area contributed by atoms with Gasteiger partial charge in [0.2, 0.25) is 0 Å². The van der Waals surface area contributed by atoms with Crippen LogP contribution in [-0.2, 0) is 30.5 Å². The summed E-state index contributed by atoms with van der Waals surface area (Å²) in [5.74, 6) is 1.41. The van der Waals surface area contributed by atoms with E-state index in [1.165, 1.54) is 55.7 Å². The van der Waals surface area contributed by atoms with Crippen LogP contribution in [0.15, 0.2) is 140 Å². The molecule has 0 radical (unpaired) electrons. The molecule has 56 heavy (non-hydrogen) atoms. The molecule has 1 heteroatoms. The van der Waals surface area contributed by atoms with Crippen molar-refractivity contribution in [3.8, 4) is 0 Å². The molecule has 0 bridgehead atoms. The summed E-state index contributed by atoms with van der Waals surface area (Å²) in [6.45, 7) is 30.9. The number of aryl methyl sites for hydroxylation is 2. The zero-order chi connectivity index (χ0) is 40.9. The fourth-order valence-corrected chi connectivity index (χ4v) is 8.17. The number of rotatable bonds is 16. The quantitative estimate of drug-likeness (QED) is 0.0824. The zero-order valence-corrected chi connectivity index (χ0v) is 36.1. The molecule has 0 aromatic heterocycles. The van der Waals surface area contributed by atoms with Crippen LogP contribution in [0, 0.1) is 22.7 Å². The van der Waals surface area contributed by atoms with Gasteiger partial charge in [-0.05, 0) is 114 Å². The van der Waals surface area contributed by atoms with Crippen molar-refractivity contribution in [1.29, 1.82) is 0 Å². The Morgan fingerprint density at radius 1 is 0.696 bits per heavy atom. The summed E-state index contributed by atoms with van der Waals surface area (Å²) in [6.07, 6.45) is 12.6. The molecule has 0 fully saturated rings. The van der Waals surface area contributed by atoms with Crippen molar-refractivity contribution in [2.75, 3.05) is 0 Å². The maximum absolute atomic E-state index is 13.3. The van der Waals surface area contributed by atoms with E-state index in [0.717, 1.165) is 51.4 Å². The second-order valence-corrected chi connectivity index (χ2v) is 18.8. The Balaban J connectivity index is 0.000000306. The lowest BCUT2D eigenvalue weighted by Gasteiger charge is -2.28. The third-order valence-corrected chi connectivity index (χ3v) is 11.0. The van der Waals surface area contributed by atoms with E-state index in [2.05, 4.69) is 184 Å². The number of ketones is 1. The molecular weight excluding hydrogens is 677 g/mol. The van der Waals surface area contributed by atoms with Gasteiger partial charge < -0.3 is 0 Å². The van der Waals surface area contributed by atoms with Gasteiger partial charge >= 0.3 is 0 Å². The molecule has 0 saturated carbocycles. The summed E-state index contributed by atoms with van der Waals surface area (Å²) >= 11 is 0. The zero-order valence-electron chi connectivity index (χ0n) is 36.1. The van der Waals surface area contributed by atoms with Crippen molar-refractivity contribution in [3.05, 3.63) is 179 Å². The lowest BCUT2D eigenvalue weighted by molar-refractivity contribution is -0.123. The molecule has 3 atom stereocenters. The summed E-state index contributed by atoms with van der Waals surface area (Å²) in [5, 5.41) is 0. The Labute approximate surface area is 341 Å². The number of Topliss-reactive ketones (excluding diaryl/α,β-unsaturated/α-hetero) is 1. The Hall–Kier alpha value is -4.49. The maximum Gasteiger partial charge on any atom is 0.136 e. The van der Waals surface area contributed by atoms with Crippen LogP contribution in [0.25, 0.3) is 12.2 Å². The lowest BCUT2D eigenvalue weighted by atomic mass is 9.76. The number of hydrogen-bond donors (Lipinski definition) is 0. The summed E-state index contributed by atoms with van der Waals surface area (Å²) < 4.78 is 0. The molecule has 0 aliphatic heterocycles. The molecule has 1 aliphatic rings. The Bertz CT molecular complexity index is 1900. The Kier molecular flexibility index (Phi) is 16.3. The molecule has 296 valence electrons. The Morgan fingerprint density at radius 2 is 1.25 bits per heavy atom. The molecule has 0 saturated heterocycles. The molecule has 0 heterocycles. The highest BCUT2D eigenvalue weighted by Gasteiger charge is 2.35. The first kappa shape index (κ1) is 44.2. The van der Waals surface area contributed by atoms with Crippen LogP contribution in [-0.4, -0.2) is 5.78 Å². The molecule has 0 amide bonds. The minimum absolute atomic E-state index is 0.0421.